The predicted molar refractivity (Wildman–Crippen MR) is 96.5 cm³/mol. The molecular weight excluding hydrogens is 284 g/mol. The summed E-state index contributed by atoms with van der Waals surface area (Å²) in [6.07, 6.45) is 6.34. The van der Waals surface area contributed by atoms with Crippen molar-refractivity contribution in [3.63, 3.8) is 0 Å². The van der Waals surface area contributed by atoms with E-state index < -0.39 is 0 Å². The van der Waals surface area contributed by atoms with Crippen LogP contribution < -0.4 is 5.32 Å². The molecular formula is C20H24N2O. The molecule has 0 amide bonds. The quantitative estimate of drug-likeness (QED) is 0.769. The number of phenols is 1. The van der Waals surface area contributed by atoms with Crippen LogP contribution in [0, 0.1) is 12.3 Å². The number of hydrogen-bond donors (Lipinski definition) is 2. The molecule has 0 aliphatic heterocycles. The third-order valence-electron chi connectivity index (χ3n) is 4.01. The van der Waals surface area contributed by atoms with Gasteiger partial charge in [0.25, 0.3) is 0 Å². The van der Waals surface area contributed by atoms with Crippen molar-refractivity contribution < 1.29 is 5.11 Å². The fraction of sp³-hybridized carbons (Fsp3) is 0.300. The lowest BCUT2D eigenvalue weighted by atomic mass is 10.1. The number of hydrogen-bond acceptors (Lipinski definition) is 3. The SMILES string of the molecule is C#CCN(C)C(C)Cc1ccc(NCc2ccc(O)cc2)cc1. The second-order valence-electron chi connectivity index (χ2n) is 5.89. The summed E-state index contributed by atoms with van der Waals surface area (Å²) in [5, 5.41) is 12.7. The van der Waals surface area contributed by atoms with Crippen molar-refractivity contribution >= 4 is 5.69 Å². The first-order valence-corrected chi connectivity index (χ1v) is 7.83. The van der Waals surface area contributed by atoms with Crippen LogP contribution in [0.25, 0.3) is 0 Å². The number of nitrogens with zero attached hydrogens (tertiary/aromatic N) is 1. The van der Waals surface area contributed by atoms with Gasteiger partial charge in [0.1, 0.15) is 5.75 Å². The van der Waals surface area contributed by atoms with Crippen LogP contribution in [0.1, 0.15) is 18.1 Å². The van der Waals surface area contributed by atoms with Crippen LogP contribution in [0.4, 0.5) is 5.69 Å². The lowest BCUT2D eigenvalue weighted by Crippen LogP contribution is -2.31. The molecule has 0 spiro atoms. The second-order valence-corrected chi connectivity index (χ2v) is 5.89. The van der Waals surface area contributed by atoms with E-state index in [0.717, 1.165) is 24.2 Å². The number of aromatic hydroxyl groups is 1. The first-order chi connectivity index (χ1) is 11.1. The molecule has 23 heavy (non-hydrogen) atoms. The van der Waals surface area contributed by atoms with Crippen molar-refractivity contribution in [2.24, 2.45) is 0 Å². The van der Waals surface area contributed by atoms with Crippen LogP contribution in [0.15, 0.2) is 48.5 Å². The van der Waals surface area contributed by atoms with E-state index in [1.54, 1.807) is 12.1 Å². The molecule has 2 aromatic carbocycles. The molecule has 0 aliphatic carbocycles. The van der Waals surface area contributed by atoms with Crippen molar-refractivity contribution in [2.45, 2.75) is 25.9 Å². The molecule has 0 saturated heterocycles. The maximum absolute atomic E-state index is 9.28. The van der Waals surface area contributed by atoms with E-state index in [-0.39, 0.29) is 0 Å². The van der Waals surface area contributed by atoms with Crippen molar-refractivity contribution in [3.8, 4) is 18.1 Å². The van der Waals surface area contributed by atoms with Crippen LogP contribution in [0.2, 0.25) is 0 Å². The van der Waals surface area contributed by atoms with Gasteiger partial charge in [0.05, 0.1) is 6.54 Å². The van der Waals surface area contributed by atoms with Gasteiger partial charge >= 0.3 is 0 Å². The fourth-order valence-corrected chi connectivity index (χ4v) is 2.37. The summed E-state index contributed by atoms with van der Waals surface area (Å²) in [7, 11) is 2.05. The molecule has 120 valence electrons. The van der Waals surface area contributed by atoms with Gasteiger partial charge in [-0.25, -0.2) is 0 Å². The topological polar surface area (TPSA) is 35.5 Å². The van der Waals surface area contributed by atoms with Gasteiger partial charge < -0.3 is 10.4 Å². The number of nitrogens with one attached hydrogen (secondary N) is 1. The first-order valence-electron chi connectivity index (χ1n) is 7.83. The van der Waals surface area contributed by atoms with Crippen molar-refractivity contribution in [2.75, 3.05) is 18.9 Å². The highest BCUT2D eigenvalue weighted by atomic mass is 16.3. The minimum Gasteiger partial charge on any atom is -0.508 e. The van der Waals surface area contributed by atoms with Crippen molar-refractivity contribution in [1.29, 1.82) is 0 Å². The molecule has 2 N–H and O–H groups in total. The van der Waals surface area contributed by atoms with Gasteiger partial charge in [0, 0.05) is 18.3 Å². The Hall–Kier alpha value is -2.44. The largest absolute Gasteiger partial charge is 0.508 e. The van der Waals surface area contributed by atoms with E-state index in [9.17, 15) is 5.11 Å². The molecule has 0 aromatic heterocycles. The zero-order valence-corrected chi connectivity index (χ0v) is 13.8. The van der Waals surface area contributed by atoms with Gasteiger partial charge in [-0.2, -0.15) is 0 Å². The predicted octanol–water partition coefficient (Wildman–Crippen LogP) is 3.50. The average molecular weight is 308 g/mol. The molecule has 0 bridgehead atoms. The molecule has 1 unspecified atom stereocenters. The van der Waals surface area contributed by atoms with Gasteiger partial charge in [-0.1, -0.05) is 30.2 Å². The van der Waals surface area contributed by atoms with E-state index in [4.69, 9.17) is 6.42 Å². The number of benzene rings is 2. The van der Waals surface area contributed by atoms with E-state index in [2.05, 4.69) is 54.4 Å². The monoisotopic (exact) mass is 308 g/mol. The van der Waals surface area contributed by atoms with Gasteiger partial charge in [0.15, 0.2) is 0 Å². The van der Waals surface area contributed by atoms with Crippen LogP contribution in [0.3, 0.4) is 0 Å². The number of anilines is 1. The summed E-state index contributed by atoms with van der Waals surface area (Å²) < 4.78 is 0. The molecule has 3 heteroatoms. The molecule has 3 nitrogen and oxygen atoms in total. The highest BCUT2D eigenvalue weighted by Gasteiger charge is 2.08. The van der Waals surface area contributed by atoms with E-state index in [0.29, 0.717) is 18.3 Å². The lowest BCUT2D eigenvalue weighted by Gasteiger charge is -2.22. The Morgan fingerprint density at radius 3 is 2.30 bits per heavy atom. The number of terminal acetylenes is 1. The minimum absolute atomic E-state index is 0.294. The molecule has 2 aromatic rings. The van der Waals surface area contributed by atoms with E-state index >= 15 is 0 Å². The second kappa shape index (κ2) is 8.26. The van der Waals surface area contributed by atoms with Crippen LogP contribution in [-0.2, 0) is 13.0 Å². The summed E-state index contributed by atoms with van der Waals surface area (Å²) in [5.41, 5.74) is 3.53. The van der Waals surface area contributed by atoms with E-state index in [1.807, 2.05) is 12.1 Å². The molecule has 0 aliphatic rings. The summed E-state index contributed by atoms with van der Waals surface area (Å²) in [5.74, 6) is 2.97. The van der Waals surface area contributed by atoms with Crippen molar-refractivity contribution in [1.82, 2.24) is 4.90 Å². The molecule has 0 radical (unpaired) electrons. The summed E-state index contributed by atoms with van der Waals surface area (Å²) in [4.78, 5) is 2.18. The summed E-state index contributed by atoms with van der Waals surface area (Å²) in [6, 6.07) is 16.2. The third kappa shape index (κ3) is 5.36. The molecule has 2 rings (SSSR count). The zero-order valence-electron chi connectivity index (χ0n) is 13.8. The Labute approximate surface area is 139 Å². The first kappa shape index (κ1) is 16.9. The standard InChI is InChI=1S/C20H24N2O/c1-4-13-22(3)16(2)14-17-5-9-19(10-6-17)21-15-18-7-11-20(23)12-8-18/h1,5-12,16,21,23H,13-15H2,2-3H3. The Balaban J connectivity index is 1.87. The van der Waals surface area contributed by atoms with Crippen LogP contribution in [0.5, 0.6) is 5.75 Å². The molecule has 0 fully saturated rings. The van der Waals surface area contributed by atoms with Gasteiger partial charge in [-0.05, 0) is 55.8 Å². The lowest BCUT2D eigenvalue weighted by molar-refractivity contribution is 0.287. The summed E-state index contributed by atoms with van der Waals surface area (Å²) in [6.45, 7) is 3.60. The van der Waals surface area contributed by atoms with Gasteiger partial charge in [-0.15, -0.1) is 6.42 Å². The minimum atomic E-state index is 0.294. The zero-order chi connectivity index (χ0) is 16.7. The normalized spacial score (nSPS) is 11.9. The third-order valence-corrected chi connectivity index (χ3v) is 4.01. The van der Waals surface area contributed by atoms with Gasteiger partial charge in [-0.3, -0.25) is 4.90 Å². The van der Waals surface area contributed by atoms with Crippen LogP contribution in [-0.4, -0.2) is 29.6 Å². The highest BCUT2D eigenvalue weighted by Crippen LogP contribution is 2.15. The van der Waals surface area contributed by atoms with Crippen molar-refractivity contribution in [3.05, 3.63) is 59.7 Å². The number of rotatable bonds is 7. The number of likely N-dealkylation sites (N-methyl/N-ethyl adjacent to an activating group) is 1. The Bertz CT molecular complexity index is 641. The fourth-order valence-electron chi connectivity index (χ4n) is 2.37. The Kier molecular flexibility index (Phi) is 6.08. The highest BCUT2D eigenvalue weighted by molar-refractivity contribution is 5.45. The van der Waals surface area contributed by atoms with Gasteiger partial charge in [0.2, 0.25) is 0 Å². The number of phenolic OH excluding ortho intramolecular Hbond substituents is 1. The average Bonchev–Trinajstić information content (AvgIpc) is 2.56. The van der Waals surface area contributed by atoms with E-state index in [1.165, 1.54) is 5.56 Å². The Morgan fingerprint density at radius 1 is 1.09 bits per heavy atom. The molecule has 0 heterocycles. The molecule has 1 atom stereocenters. The Morgan fingerprint density at radius 2 is 1.70 bits per heavy atom. The smallest absolute Gasteiger partial charge is 0.115 e. The van der Waals surface area contributed by atoms with Crippen LogP contribution >= 0.6 is 0 Å². The maximum atomic E-state index is 9.28. The summed E-state index contributed by atoms with van der Waals surface area (Å²) >= 11 is 0. The molecule has 0 saturated carbocycles. The maximum Gasteiger partial charge on any atom is 0.115 e.